The Morgan fingerprint density at radius 2 is 2.11 bits per heavy atom. The average molecular weight is 242 g/mol. The number of carbonyl (C=O) groups is 1. The van der Waals surface area contributed by atoms with Crippen molar-refractivity contribution in [3.8, 4) is 5.88 Å². The Kier molecular flexibility index (Phi) is 2.84. The van der Waals surface area contributed by atoms with Crippen molar-refractivity contribution in [2.75, 3.05) is 0 Å². The fourth-order valence-electron chi connectivity index (χ4n) is 2.11. The van der Waals surface area contributed by atoms with E-state index in [9.17, 15) is 4.79 Å². The summed E-state index contributed by atoms with van der Waals surface area (Å²) in [5.74, 6) is 0.687. The van der Waals surface area contributed by atoms with Gasteiger partial charge in [0.15, 0.2) is 5.78 Å². The first-order valence-corrected chi connectivity index (χ1v) is 6.11. The summed E-state index contributed by atoms with van der Waals surface area (Å²) in [6.07, 6.45) is 1.48. The van der Waals surface area contributed by atoms with Gasteiger partial charge in [0.2, 0.25) is 5.88 Å². The van der Waals surface area contributed by atoms with Crippen molar-refractivity contribution < 1.29 is 9.53 Å². The van der Waals surface area contributed by atoms with Crippen LogP contribution in [0.1, 0.15) is 28.9 Å². The summed E-state index contributed by atoms with van der Waals surface area (Å²) >= 11 is 0. The van der Waals surface area contributed by atoms with E-state index in [1.165, 1.54) is 0 Å². The van der Waals surface area contributed by atoms with E-state index < -0.39 is 0 Å². The Morgan fingerprint density at radius 1 is 1.28 bits per heavy atom. The lowest BCUT2D eigenvalue weighted by Gasteiger charge is -2.10. The van der Waals surface area contributed by atoms with Gasteiger partial charge in [0.05, 0.1) is 0 Å². The molecule has 0 fully saturated rings. The molecular weight excluding hydrogens is 228 g/mol. The van der Waals surface area contributed by atoms with Crippen LogP contribution in [0.25, 0.3) is 0 Å². The minimum atomic E-state index is 0.156. The highest BCUT2D eigenvalue weighted by Crippen LogP contribution is 2.20. The second kappa shape index (κ2) is 4.64. The predicted octanol–water partition coefficient (Wildman–Crippen LogP) is 2.44. The number of hydrogen-bond acceptors (Lipinski definition) is 3. The quantitative estimate of drug-likeness (QED) is 0.830. The van der Waals surface area contributed by atoms with E-state index in [0.717, 1.165) is 18.5 Å². The van der Waals surface area contributed by atoms with Crippen molar-refractivity contribution in [3.63, 3.8) is 0 Å². The number of carbonyl (C=O) groups excluding carboxylic acids is 1. The first-order valence-electron chi connectivity index (χ1n) is 6.11. The maximum absolute atomic E-state index is 11.7. The fraction of sp³-hybridized carbons (Fsp3) is 0.286. The molecule has 0 atom stereocenters. The lowest BCUT2D eigenvalue weighted by Crippen LogP contribution is -2.16. The number of fused-ring (bicyclic) bond motifs is 1. The number of rotatable bonds is 3. The van der Waals surface area contributed by atoms with Crippen LogP contribution >= 0.6 is 0 Å². The van der Waals surface area contributed by atoms with Crippen LogP contribution in [0, 0.1) is 0 Å². The highest BCUT2D eigenvalue weighted by molar-refractivity contribution is 5.95. The Bertz CT molecular complexity index is 560. The topological polar surface area (TPSA) is 44.1 Å². The number of aromatic nitrogens is 2. The molecule has 0 amide bonds. The van der Waals surface area contributed by atoms with E-state index >= 15 is 0 Å². The molecule has 1 aromatic heterocycles. The SMILES string of the molecule is O=C1CCCn2nc(OCc3ccccc3)cc21. The second-order valence-corrected chi connectivity index (χ2v) is 4.39. The van der Waals surface area contributed by atoms with Crippen molar-refractivity contribution >= 4 is 5.78 Å². The molecule has 92 valence electrons. The molecule has 0 saturated carbocycles. The van der Waals surface area contributed by atoms with Gasteiger partial charge in [0, 0.05) is 19.0 Å². The van der Waals surface area contributed by atoms with E-state index in [0.29, 0.717) is 24.6 Å². The molecule has 1 aliphatic rings. The third-order valence-corrected chi connectivity index (χ3v) is 3.05. The molecule has 4 nitrogen and oxygen atoms in total. The largest absolute Gasteiger partial charge is 0.472 e. The van der Waals surface area contributed by atoms with Crippen LogP contribution in [0.15, 0.2) is 36.4 Å². The summed E-state index contributed by atoms with van der Waals surface area (Å²) in [4.78, 5) is 11.7. The molecule has 0 bridgehead atoms. The van der Waals surface area contributed by atoms with E-state index in [1.54, 1.807) is 10.7 Å². The third kappa shape index (κ3) is 2.14. The van der Waals surface area contributed by atoms with Gasteiger partial charge in [-0.2, -0.15) is 0 Å². The molecule has 1 aromatic carbocycles. The smallest absolute Gasteiger partial charge is 0.233 e. The van der Waals surface area contributed by atoms with Gasteiger partial charge < -0.3 is 4.74 Å². The summed E-state index contributed by atoms with van der Waals surface area (Å²) in [7, 11) is 0. The van der Waals surface area contributed by atoms with Crippen LogP contribution in [0.4, 0.5) is 0 Å². The van der Waals surface area contributed by atoms with E-state index in [-0.39, 0.29) is 5.78 Å². The maximum atomic E-state index is 11.7. The van der Waals surface area contributed by atoms with Gasteiger partial charge in [-0.15, -0.1) is 5.10 Å². The standard InChI is InChI=1S/C14H14N2O2/c17-13-7-4-8-16-12(13)9-14(15-16)18-10-11-5-2-1-3-6-11/h1-3,5-6,9H,4,7-8,10H2. The maximum Gasteiger partial charge on any atom is 0.233 e. The van der Waals surface area contributed by atoms with Gasteiger partial charge in [-0.1, -0.05) is 30.3 Å². The lowest BCUT2D eigenvalue weighted by molar-refractivity contribution is 0.0951. The van der Waals surface area contributed by atoms with Crippen molar-refractivity contribution in [1.29, 1.82) is 0 Å². The molecule has 2 heterocycles. The molecule has 18 heavy (non-hydrogen) atoms. The first kappa shape index (κ1) is 11.0. The molecule has 0 spiro atoms. The zero-order valence-electron chi connectivity index (χ0n) is 10.0. The Labute approximate surface area is 105 Å². The van der Waals surface area contributed by atoms with E-state index in [1.807, 2.05) is 30.3 Å². The normalized spacial score (nSPS) is 14.3. The lowest BCUT2D eigenvalue weighted by atomic mass is 10.1. The van der Waals surface area contributed by atoms with Crippen LogP contribution in [-0.4, -0.2) is 15.6 Å². The van der Waals surface area contributed by atoms with Gasteiger partial charge in [-0.25, -0.2) is 0 Å². The monoisotopic (exact) mass is 242 g/mol. The van der Waals surface area contributed by atoms with Crippen LogP contribution in [0.3, 0.4) is 0 Å². The average Bonchev–Trinajstić information content (AvgIpc) is 2.82. The molecule has 0 N–H and O–H groups in total. The summed E-state index contributed by atoms with van der Waals surface area (Å²) in [6.45, 7) is 1.28. The number of aryl methyl sites for hydroxylation is 1. The van der Waals surface area contributed by atoms with Crippen LogP contribution in [-0.2, 0) is 13.2 Å². The fourth-order valence-corrected chi connectivity index (χ4v) is 2.11. The Morgan fingerprint density at radius 3 is 2.89 bits per heavy atom. The second-order valence-electron chi connectivity index (χ2n) is 4.39. The number of benzene rings is 1. The third-order valence-electron chi connectivity index (χ3n) is 3.05. The summed E-state index contributed by atoms with van der Waals surface area (Å²) < 4.78 is 7.35. The summed E-state index contributed by atoms with van der Waals surface area (Å²) in [6, 6.07) is 11.7. The van der Waals surface area contributed by atoms with Crippen LogP contribution in [0.2, 0.25) is 0 Å². The van der Waals surface area contributed by atoms with Crippen molar-refractivity contribution in [2.24, 2.45) is 0 Å². The minimum absolute atomic E-state index is 0.156. The van der Waals surface area contributed by atoms with E-state index in [2.05, 4.69) is 5.10 Å². The van der Waals surface area contributed by atoms with E-state index in [4.69, 9.17) is 4.74 Å². The molecule has 3 rings (SSSR count). The number of Topliss-reactive ketones (excluding diaryl/α,β-unsaturated/α-hetero) is 1. The van der Waals surface area contributed by atoms with Crippen molar-refractivity contribution in [1.82, 2.24) is 9.78 Å². The number of ether oxygens (including phenoxy) is 1. The summed E-state index contributed by atoms with van der Waals surface area (Å²) in [5.41, 5.74) is 1.76. The highest BCUT2D eigenvalue weighted by Gasteiger charge is 2.19. The van der Waals surface area contributed by atoms with Crippen molar-refractivity contribution in [2.45, 2.75) is 26.0 Å². The number of ketones is 1. The predicted molar refractivity (Wildman–Crippen MR) is 66.6 cm³/mol. The zero-order valence-corrected chi connectivity index (χ0v) is 10.0. The summed E-state index contributed by atoms with van der Waals surface area (Å²) in [5, 5.41) is 4.29. The Hall–Kier alpha value is -2.10. The molecule has 0 radical (unpaired) electrons. The van der Waals surface area contributed by atoms with Crippen molar-refractivity contribution in [3.05, 3.63) is 47.7 Å². The molecular formula is C14H14N2O2. The molecule has 1 aliphatic heterocycles. The first-order chi connectivity index (χ1) is 8.83. The van der Waals surface area contributed by atoms with Gasteiger partial charge in [0.1, 0.15) is 12.3 Å². The van der Waals surface area contributed by atoms with Gasteiger partial charge in [-0.05, 0) is 12.0 Å². The molecule has 0 unspecified atom stereocenters. The number of hydrogen-bond donors (Lipinski definition) is 0. The number of nitrogens with zero attached hydrogens (tertiary/aromatic N) is 2. The Balaban J connectivity index is 1.72. The van der Waals surface area contributed by atoms with Gasteiger partial charge >= 0.3 is 0 Å². The van der Waals surface area contributed by atoms with Gasteiger partial charge in [0.25, 0.3) is 0 Å². The van der Waals surface area contributed by atoms with Crippen LogP contribution < -0.4 is 4.74 Å². The minimum Gasteiger partial charge on any atom is -0.472 e. The molecule has 4 heteroatoms. The van der Waals surface area contributed by atoms with Gasteiger partial charge in [-0.3, -0.25) is 9.48 Å². The molecule has 0 aliphatic carbocycles. The zero-order chi connectivity index (χ0) is 12.4. The molecule has 0 saturated heterocycles. The molecule has 2 aromatic rings. The van der Waals surface area contributed by atoms with Crippen LogP contribution in [0.5, 0.6) is 5.88 Å². The highest BCUT2D eigenvalue weighted by atomic mass is 16.5.